The summed E-state index contributed by atoms with van der Waals surface area (Å²) in [4.78, 5) is 27.8. The van der Waals surface area contributed by atoms with E-state index in [-0.39, 0.29) is 23.7 Å². The standard InChI is InChI=1S/C21H28FN3O3/c1-14(2)28-19-7-6-16(22)13-18(19)25-11-9-24(10-12-25)8-4-5-17-15(3)20(26)23-21(17)27/h6-7,13-14H,4-5,8-12H2,1-3H3,(H,23,26,27). The maximum atomic E-state index is 13.8. The van der Waals surface area contributed by atoms with Crippen LogP contribution < -0.4 is 15.0 Å². The molecule has 6 nitrogen and oxygen atoms in total. The second kappa shape index (κ2) is 8.73. The summed E-state index contributed by atoms with van der Waals surface area (Å²) in [5.74, 6) is -0.0787. The Bertz CT molecular complexity index is 783. The number of ether oxygens (including phenoxy) is 1. The molecule has 2 amide bonds. The minimum Gasteiger partial charge on any atom is -0.489 e. The number of carbonyl (C=O) groups excluding carboxylic acids is 2. The van der Waals surface area contributed by atoms with Crippen LogP contribution in [0.4, 0.5) is 10.1 Å². The van der Waals surface area contributed by atoms with Gasteiger partial charge in [-0.2, -0.15) is 0 Å². The van der Waals surface area contributed by atoms with Crippen molar-refractivity contribution >= 4 is 17.5 Å². The average molecular weight is 389 g/mol. The number of nitrogens with zero attached hydrogens (tertiary/aromatic N) is 2. The van der Waals surface area contributed by atoms with Crippen LogP contribution in [0.1, 0.15) is 33.6 Å². The average Bonchev–Trinajstić information content (AvgIpc) is 2.89. The zero-order valence-corrected chi connectivity index (χ0v) is 16.8. The van der Waals surface area contributed by atoms with Gasteiger partial charge in [0.05, 0.1) is 11.8 Å². The van der Waals surface area contributed by atoms with Crippen LogP contribution in [0.5, 0.6) is 5.75 Å². The van der Waals surface area contributed by atoms with Gasteiger partial charge in [0.1, 0.15) is 11.6 Å². The van der Waals surface area contributed by atoms with Gasteiger partial charge < -0.3 is 9.64 Å². The zero-order chi connectivity index (χ0) is 20.3. The van der Waals surface area contributed by atoms with Crippen molar-refractivity contribution in [2.24, 2.45) is 0 Å². The summed E-state index contributed by atoms with van der Waals surface area (Å²) >= 11 is 0. The van der Waals surface area contributed by atoms with Gasteiger partial charge in [-0.1, -0.05) is 0 Å². The van der Waals surface area contributed by atoms with E-state index in [4.69, 9.17) is 4.74 Å². The van der Waals surface area contributed by atoms with Crippen molar-refractivity contribution < 1.29 is 18.7 Å². The van der Waals surface area contributed by atoms with Crippen LogP contribution in [0, 0.1) is 5.82 Å². The summed E-state index contributed by atoms with van der Waals surface area (Å²) < 4.78 is 19.6. The number of carbonyl (C=O) groups is 2. The van der Waals surface area contributed by atoms with Crippen LogP contribution >= 0.6 is 0 Å². The van der Waals surface area contributed by atoms with E-state index in [9.17, 15) is 14.0 Å². The van der Waals surface area contributed by atoms with Crippen molar-refractivity contribution in [3.05, 3.63) is 35.2 Å². The Balaban J connectivity index is 1.52. The molecule has 0 unspecified atom stereocenters. The fourth-order valence-corrected chi connectivity index (χ4v) is 3.66. The molecule has 2 aliphatic heterocycles. The van der Waals surface area contributed by atoms with E-state index in [1.807, 2.05) is 13.8 Å². The maximum absolute atomic E-state index is 13.8. The minimum atomic E-state index is -0.275. The fourth-order valence-electron chi connectivity index (χ4n) is 3.66. The summed E-state index contributed by atoms with van der Waals surface area (Å²) in [5.41, 5.74) is 1.95. The monoisotopic (exact) mass is 389 g/mol. The molecule has 2 heterocycles. The largest absolute Gasteiger partial charge is 0.489 e. The number of amides is 2. The van der Waals surface area contributed by atoms with E-state index in [0.29, 0.717) is 23.3 Å². The number of piperazine rings is 1. The molecular formula is C21H28FN3O3. The molecular weight excluding hydrogens is 361 g/mol. The highest BCUT2D eigenvalue weighted by molar-refractivity contribution is 6.19. The lowest BCUT2D eigenvalue weighted by Crippen LogP contribution is -2.46. The van der Waals surface area contributed by atoms with Crippen molar-refractivity contribution in [2.45, 2.75) is 39.7 Å². The first-order valence-electron chi connectivity index (χ1n) is 9.84. The molecule has 0 bridgehead atoms. The molecule has 2 aliphatic rings. The number of anilines is 1. The molecule has 1 fully saturated rings. The number of halogens is 1. The lowest BCUT2D eigenvalue weighted by Gasteiger charge is -2.37. The first-order valence-corrected chi connectivity index (χ1v) is 9.84. The Labute approximate surface area is 165 Å². The maximum Gasteiger partial charge on any atom is 0.254 e. The predicted molar refractivity (Wildman–Crippen MR) is 106 cm³/mol. The molecule has 152 valence electrons. The van der Waals surface area contributed by atoms with Crippen molar-refractivity contribution in [1.29, 1.82) is 0 Å². The molecule has 1 aromatic rings. The summed E-state index contributed by atoms with van der Waals surface area (Å²) in [6.45, 7) is 9.79. The molecule has 3 rings (SSSR count). The Hall–Kier alpha value is -2.41. The molecule has 1 aromatic carbocycles. The van der Waals surface area contributed by atoms with Gasteiger partial charge in [-0.3, -0.25) is 19.8 Å². The van der Waals surface area contributed by atoms with Crippen LogP contribution in [-0.2, 0) is 9.59 Å². The summed E-state index contributed by atoms with van der Waals surface area (Å²) in [6.07, 6.45) is 1.47. The van der Waals surface area contributed by atoms with Crippen molar-refractivity contribution in [1.82, 2.24) is 10.2 Å². The van der Waals surface area contributed by atoms with Gasteiger partial charge in [-0.25, -0.2) is 4.39 Å². The zero-order valence-electron chi connectivity index (χ0n) is 16.8. The number of hydrogen-bond acceptors (Lipinski definition) is 5. The highest BCUT2D eigenvalue weighted by Crippen LogP contribution is 2.31. The van der Waals surface area contributed by atoms with Gasteiger partial charge in [0.15, 0.2) is 0 Å². The molecule has 1 N–H and O–H groups in total. The summed E-state index contributed by atoms with van der Waals surface area (Å²) in [7, 11) is 0. The number of hydrogen-bond donors (Lipinski definition) is 1. The highest BCUT2D eigenvalue weighted by atomic mass is 19.1. The lowest BCUT2D eigenvalue weighted by atomic mass is 10.1. The minimum absolute atomic E-state index is 0.0305. The number of benzene rings is 1. The lowest BCUT2D eigenvalue weighted by molar-refractivity contribution is -0.124. The predicted octanol–water partition coefficient (Wildman–Crippen LogP) is 2.49. The SMILES string of the molecule is CC1=C(CCCN2CCN(c3cc(F)ccc3OC(C)C)CC2)C(=O)NC1=O. The quantitative estimate of drug-likeness (QED) is 0.726. The van der Waals surface area contributed by atoms with Crippen molar-refractivity contribution in [2.75, 3.05) is 37.6 Å². The van der Waals surface area contributed by atoms with Gasteiger partial charge in [0.2, 0.25) is 0 Å². The first kappa shape index (κ1) is 20.3. The topological polar surface area (TPSA) is 61.9 Å². The first-order chi connectivity index (χ1) is 13.3. The summed E-state index contributed by atoms with van der Waals surface area (Å²) in [5, 5.41) is 2.34. The van der Waals surface area contributed by atoms with Crippen LogP contribution in [0.15, 0.2) is 29.3 Å². The van der Waals surface area contributed by atoms with Crippen LogP contribution in [0.25, 0.3) is 0 Å². The molecule has 0 saturated carbocycles. The third kappa shape index (κ3) is 4.70. The number of imide groups is 1. The second-order valence-corrected chi connectivity index (χ2v) is 7.60. The third-order valence-corrected chi connectivity index (χ3v) is 5.19. The molecule has 0 aromatic heterocycles. The van der Waals surface area contributed by atoms with Crippen molar-refractivity contribution in [3.8, 4) is 5.75 Å². The normalized spacial score (nSPS) is 18.2. The Morgan fingerprint density at radius 1 is 1.14 bits per heavy atom. The van der Waals surface area contributed by atoms with Gasteiger partial charge >= 0.3 is 0 Å². The van der Waals surface area contributed by atoms with E-state index in [0.717, 1.165) is 44.8 Å². The molecule has 7 heteroatoms. The number of nitrogens with one attached hydrogen (secondary N) is 1. The van der Waals surface area contributed by atoms with Crippen LogP contribution in [0.2, 0.25) is 0 Å². The van der Waals surface area contributed by atoms with E-state index < -0.39 is 0 Å². The Morgan fingerprint density at radius 2 is 1.86 bits per heavy atom. The van der Waals surface area contributed by atoms with E-state index >= 15 is 0 Å². The van der Waals surface area contributed by atoms with Crippen molar-refractivity contribution in [3.63, 3.8) is 0 Å². The van der Waals surface area contributed by atoms with E-state index in [2.05, 4.69) is 15.1 Å². The van der Waals surface area contributed by atoms with E-state index in [1.54, 1.807) is 19.1 Å². The van der Waals surface area contributed by atoms with Gasteiger partial charge in [0.25, 0.3) is 11.8 Å². The van der Waals surface area contributed by atoms with E-state index in [1.165, 1.54) is 6.07 Å². The Morgan fingerprint density at radius 3 is 2.46 bits per heavy atom. The van der Waals surface area contributed by atoms with Crippen LogP contribution in [0.3, 0.4) is 0 Å². The third-order valence-electron chi connectivity index (χ3n) is 5.19. The second-order valence-electron chi connectivity index (χ2n) is 7.60. The summed E-state index contributed by atoms with van der Waals surface area (Å²) in [6, 6.07) is 4.66. The molecule has 0 aliphatic carbocycles. The number of rotatable bonds is 7. The highest BCUT2D eigenvalue weighted by Gasteiger charge is 2.26. The Kier molecular flexibility index (Phi) is 6.34. The van der Waals surface area contributed by atoms with Crippen LogP contribution in [-0.4, -0.2) is 55.5 Å². The van der Waals surface area contributed by atoms with Gasteiger partial charge in [0, 0.05) is 43.4 Å². The molecule has 0 radical (unpaired) electrons. The smallest absolute Gasteiger partial charge is 0.254 e. The molecule has 0 spiro atoms. The van der Waals surface area contributed by atoms with Gasteiger partial charge in [-0.15, -0.1) is 0 Å². The fraction of sp³-hybridized carbons (Fsp3) is 0.524. The molecule has 28 heavy (non-hydrogen) atoms. The van der Waals surface area contributed by atoms with Gasteiger partial charge in [-0.05, 0) is 52.3 Å². The molecule has 0 atom stereocenters. The molecule has 1 saturated heterocycles.